The van der Waals surface area contributed by atoms with Gasteiger partial charge in [-0.05, 0) is 30.5 Å². The second-order valence-corrected chi connectivity index (χ2v) is 6.27. The zero-order chi connectivity index (χ0) is 19.9. The lowest BCUT2D eigenvalue weighted by Crippen LogP contribution is -2.32. The zero-order valence-corrected chi connectivity index (χ0v) is 15.9. The number of anilines is 1. The van der Waals surface area contributed by atoms with Crippen LogP contribution >= 0.6 is 0 Å². The summed E-state index contributed by atoms with van der Waals surface area (Å²) < 4.78 is 10.3. The van der Waals surface area contributed by atoms with Gasteiger partial charge < -0.3 is 25.0 Å². The van der Waals surface area contributed by atoms with Crippen LogP contribution in [0.25, 0.3) is 0 Å². The number of hydrogen-bond donors (Lipinski definition) is 2. The summed E-state index contributed by atoms with van der Waals surface area (Å²) >= 11 is 0. The molecule has 148 valence electrons. The van der Waals surface area contributed by atoms with Crippen molar-refractivity contribution in [3.8, 4) is 11.8 Å². The maximum absolute atomic E-state index is 12.6. The fourth-order valence-electron chi connectivity index (χ4n) is 3.01. The van der Waals surface area contributed by atoms with Gasteiger partial charge in [-0.2, -0.15) is 0 Å². The monoisotopic (exact) mass is 385 g/mol. The summed E-state index contributed by atoms with van der Waals surface area (Å²) in [6.45, 7) is 1.82. The first-order valence-electron chi connectivity index (χ1n) is 8.98. The van der Waals surface area contributed by atoms with E-state index in [1.165, 1.54) is 20.5 Å². The van der Waals surface area contributed by atoms with Crippen LogP contribution in [-0.4, -0.2) is 54.1 Å². The van der Waals surface area contributed by atoms with Gasteiger partial charge in [0.1, 0.15) is 6.33 Å². The molecule has 1 aromatic heterocycles. The van der Waals surface area contributed by atoms with Gasteiger partial charge in [0.2, 0.25) is 11.8 Å². The van der Waals surface area contributed by atoms with Crippen molar-refractivity contribution in [3.05, 3.63) is 41.7 Å². The molecule has 1 aromatic carbocycles. The number of carbonyl (C=O) groups is 2. The summed E-state index contributed by atoms with van der Waals surface area (Å²) in [6.07, 6.45) is 3.34. The third kappa shape index (κ3) is 4.48. The van der Waals surface area contributed by atoms with Crippen molar-refractivity contribution in [1.82, 2.24) is 20.2 Å². The maximum atomic E-state index is 12.6. The van der Waals surface area contributed by atoms with E-state index in [0.717, 1.165) is 31.5 Å². The maximum Gasteiger partial charge on any atom is 0.321 e. The van der Waals surface area contributed by atoms with E-state index in [1.807, 2.05) is 24.3 Å². The number of benzene rings is 1. The average molecular weight is 385 g/mol. The van der Waals surface area contributed by atoms with Crippen LogP contribution < -0.4 is 20.1 Å². The SMILES string of the molecule is COc1ncnc(OC)c1C(=O)NCc1cccc(NC(=O)N2CCCC2)c1. The molecule has 0 unspecified atom stereocenters. The van der Waals surface area contributed by atoms with Gasteiger partial charge in [0.25, 0.3) is 5.91 Å². The molecule has 3 rings (SSSR count). The Morgan fingerprint density at radius 3 is 2.43 bits per heavy atom. The number of nitrogens with zero attached hydrogens (tertiary/aromatic N) is 3. The van der Waals surface area contributed by atoms with Gasteiger partial charge >= 0.3 is 6.03 Å². The molecule has 2 N–H and O–H groups in total. The Bertz CT molecular complexity index is 830. The van der Waals surface area contributed by atoms with Gasteiger partial charge in [0.15, 0.2) is 5.56 Å². The molecule has 0 bridgehead atoms. The highest BCUT2D eigenvalue weighted by Gasteiger charge is 2.21. The summed E-state index contributed by atoms with van der Waals surface area (Å²) in [7, 11) is 2.84. The Balaban J connectivity index is 1.65. The molecule has 0 saturated carbocycles. The van der Waals surface area contributed by atoms with E-state index in [2.05, 4.69) is 20.6 Å². The number of methoxy groups -OCH3 is 2. The topological polar surface area (TPSA) is 106 Å². The lowest BCUT2D eigenvalue weighted by molar-refractivity contribution is 0.0942. The molecule has 9 nitrogen and oxygen atoms in total. The predicted octanol–water partition coefficient (Wildman–Crippen LogP) is 2.05. The van der Waals surface area contributed by atoms with E-state index in [0.29, 0.717) is 5.69 Å². The quantitative estimate of drug-likeness (QED) is 0.788. The largest absolute Gasteiger partial charge is 0.480 e. The van der Waals surface area contributed by atoms with E-state index in [9.17, 15) is 9.59 Å². The van der Waals surface area contributed by atoms with Crippen molar-refractivity contribution in [3.63, 3.8) is 0 Å². The van der Waals surface area contributed by atoms with E-state index in [1.54, 1.807) is 4.90 Å². The number of rotatable bonds is 6. The number of hydrogen-bond acceptors (Lipinski definition) is 6. The predicted molar refractivity (Wildman–Crippen MR) is 103 cm³/mol. The summed E-state index contributed by atoms with van der Waals surface area (Å²) in [6, 6.07) is 7.23. The summed E-state index contributed by atoms with van der Waals surface area (Å²) in [5.74, 6) is -0.146. The Labute approximate surface area is 163 Å². The second-order valence-electron chi connectivity index (χ2n) is 6.27. The van der Waals surface area contributed by atoms with Gasteiger partial charge in [0.05, 0.1) is 14.2 Å². The third-order valence-corrected chi connectivity index (χ3v) is 4.42. The van der Waals surface area contributed by atoms with Crippen LogP contribution in [0.1, 0.15) is 28.8 Å². The van der Waals surface area contributed by atoms with Crippen LogP contribution in [0.4, 0.5) is 10.5 Å². The Hall–Kier alpha value is -3.36. The molecule has 1 aliphatic rings. The third-order valence-electron chi connectivity index (χ3n) is 4.42. The minimum Gasteiger partial charge on any atom is -0.480 e. The van der Waals surface area contributed by atoms with Crippen LogP contribution in [0.3, 0.4) is 0 Å². The molecule has 2 aromatic rings. The van der Waals surface area contributed by atoms with Crippen molar-refractivity contribution in [1.29, 1.82) is 0 Å². The first kappa shape index (κ1) is 19.4. The number of likely N-dealkylation sites (tertiary alicyclic amines) is 1. The minimum absolute atomic E-state index is 0.102. The van der Waals surface area contributed by atoms with E-state index < -0.39 is 5.91 Å². The van der Waals surface area contributed by atoms with Crippen LogP contribution in [0.2, 0.25) is 0 Å². The fraction of sp³-hybridized carbons (Fsp3) is 0.368. The molecular formula is C19H23N5O4. The molecule has 0 atom stereocenters. The summed E-state index contributed by atoms with van der Waals surface area (Å²) in [5, 5.41) is 5.69. The Morgan fingerprint density at radius 1 is 1.11 bits per heavy atom. The van der Waals surface area contributed by atoms with Gasteiger partial charge in [-0.1, -0.05) is 12.1 Å². The second kappa shape index (κ2) is 9.03. The van der Waals surface area contributed by atoms with E-state index >= 15 is 0 Å². The van der Waals surface area contributed by atoms with Gasteiger partial charge in [-0.25, -0.2) is 14.8 Å². The van der Waals surface area contributed by atoms with Gasteiger partial charge in [-0.3, -0.25) is 4.79 Å². The summed E-state index contributed by atoms with van der Waals surface area (Å²) in [4.78, 5) is 34.5. The summed E-state index contributed by atoms with van der Waals surface area (Å²) in [5.41, 5.74) is 1.65. The number of amides is 3. The molecule has 28 heavy (non-hydrogen) atoms. The standard InChI is InChI=1S/C19H23N5O4/c1-27-17-15(18(28-2)22-12-21-17)16(25)20-11-13-6-5-7-14(10-13)23-19(26)24-8-3-4-9-24/h5-7,10,12H,3-4,8-9,11H2,1-2H3,(H,20,25)(H,23,26). The molecule has 9 heteroatoms. The lowest BCUT2D eigenvalue weighted by Gasteiger charge is -2.16. The Kier molecular flexibility index (Phi) is 6.25. The number of nitrogens with one attached hydrogen (secondary N) is 2. The van der Waals surface area contributed by atoms with Crippen molar-refractivity contribution >= 4 is 17.6 Å². The fourth-order valence-corrected chi connectivity index (χ4v) is 3.01. The highest BCUT2D eigenvalue weighted by Crippen LogP contribution is 2.23. The first-order chi connectivity index (χ1) is 13.6. The molecule has 1 saturated heterocycles. The molecule has 3 amide bonds. The van der Waals surface area contributed by atoms with Crippen molar-refractivity contribution in [2.24, 2.45) is 0 Å². The first-order valence-corrected chi connectivity index (χ1v) is 8.98. The van der Waals surface area contributed by atoms with E-state index in [-0.39, 0.29) is 29.9 Å². The van der Waals surface area contributed by atoms with Crippen LogP contribution in [0.5, 0.6) is 11.8 Å². The number of carbonyl (C=O) groups excluding carboxylic acids is 2. The normalized spacial score (nSPS) is 13.1. The molecule has 0 radical (unpaired) electrons. The molecule has 0 aliphatic carbocycles. The van der Waals surface area contributed by atoms with Gasteiger partial charge in [0, 0.05) is 25.3 Å². The number of aromatic nitrogens is 2. The van der Waals surface area contributed by atoms with Crippen LogP contribution in [-0.2, 0) is 6.54 Å². The highest BCUT2D eigenvalue weighted by atomic mass is 16.5. The Morgan fingerprint density at radius 2 is 1.79 bits per heavy atom. The average Bonchev–Trinajstić information content (AvgIpc) is 3.26. The molecule has 1 fully saturated rings. The molecular weight excluding hydrogens is 362 g/mol. The van der Waals surface area contributed by atoms with Crippen LogP contribution in [0, 0.1) is 0 Å². The minimum atomic E-state index is -0.416. The zero-order valence-electron chi connectivity index (χ0n) is 15.9. The molecule has 0 spiro atoms. The lowest BCUT2D eigenvalue weighted by atomic mass is 10.2. The molecule has 1 aliphatic heterocycles. The van der Waals surface area contributed by atoms with Gasteiger partial charge in [-0.15, -0.1) is 0 Å². The van der Waals surface area contributed by atoms with Crippen molar-refractivity contribution in [2.45, 2.75) is 19.4 Å². The van der Waals surface area contributed by atoms with Crippen molar-refractivity contribution < 1.29 is 19.1 Å². The number of ether oxygens (including phenoxy) is 2. The van der Waals surface area contributed by atoms with Crippen molar-refractivity contribution in [2.75, 3.05) is 32.6 Å². The number of urea groups is 1. The van der Waals surface area contributed by atoms with E-state index in [4.69, 9.17) is 9.47 Å². The smallest absolute Gasteiger partial charge is 0.321 e. The molecule has 2 heterocycles. The highest BCUT2D eigenvalue weighted by molar-refractivity contribution is 5.98. The van der Waals surface area contributed by atoms with Crippen LogP contribution in [0.15, 0.2) is 30.6 Å².